The molecule has 1 aliphatic rings. The number of benzene rings is 1. The second-order valence-corrected chi connectivity index (χ2v) is 5.71. The number of fused-ring (bicyclic) bond motifs is 2. The monoisotopic (exact) mass is 295 g/mol. The molecule has 0 unspecified atom stereocenters. The molecule has 0 spiro atoms. The lowest BCUT2D eigenvalue weighted by Crippen LogP contribution is -2.09. The summed E-state index contributed by atoms with van der Waals surface area (Å²) in [7, 11) is 0. The van der Waals surface area contributed by atoms with Gasteiger partial charge in [0, 0.05) is 22.8 Å². The number of halogens is 1. The van der Waals surface area contributed by atoms with Crippen molar-refractivity contribution in [2.45, 2.75) is 25.7 Å². The third kappa shape index (κ3) is 2.18. The number of rotatable bonds is 1. The van der Waals surface area contributed by atoms with E-state index in [2.05, 4.69) is 16.0 Å². The highest BCUT2D eigenvalue weighted by Crippen LogP contribution is 2.30. The van der Waals surface area contributed by atoms with Crippen LogP contribution in [-0.2, 0) is 12.8 Å². The molecule has 2 heterocycles. The van der Waals surface area contributed by atoms with Crippen molar-refractivity contribution in [3.8, 4) is 11.5 Å². The number of hydrogen-bond donors (Lipinski definition) is 0. The lowest BCUT2D eigenvalue weighted by molar-refractivity contribution is 0.663. The van der Waals surface area contributed by atoms with E-state index in [4.69, 9.17) is 16.6 Å². The molecule has 2 aromatic heterocycles. The molecule has 0 saturated carbocycles. The van der Waals surface area contributed by atoms with E-state index in [1.807, 2.05) is 24.3 Å². The van der Waals surface area contributed by atoms with Crippen LogP contribution in [0.1, 0.15) is 24.1 Å². The summed E-state index contributed by atoms with van der Waals surface area (Å²) in [6, 6.07) is 10.1. The molecular weight excluding hydrogens is 282 g/mol. The molecule has 4 rings (SSSR count). The Kier molecular flexibility index (Phi) is 3.08. The zero-order valence-electron chi connectivity index (χ0n) is 11.5. The second-order valence-electron chi connectivity index (χ2n) is 5.35. The maximum atomic E-state index is 6.37. The standard InChI is InChI=1S/C17H14ClN3/c18-16-13-7-3-4-8-14(13)20-17(21-16)15-12-6-2-1-5-11(12)9-10-19-15/h1-2,5-6,9-10H,3-4,7-8H2. The molecule has 0 radical (unpaired) electrons. The number of aromatic nitrogens is 3. The fraction of sp³-hybridized carbons (Fsp3) is 0.235. The maximum absolute atomic E-state index is 6.37. The summed E-state index contributed by atoms with van der Waals surface area (Å²) in [5.41, 5.74) is 3.02. The molecule has 0 atom stereocenters. The van der Waals surface area contributed by atoms with E-state index in [9.17, 15) is 0 Å². The third-order valence-electron chi connectivity index (χ3n) is 4.02. The first kappa shape index (κ1) is 12.7. The van der Waals surface area contributed by atoms with Crippen molar-refractivity contribution in [3.63, 3.8) is 0 Å². The van der Waals surface area contributed by atoms with Crippen LogP contribution in [0.5, 0.6) is 0 Å². The smallest absolute Gasteiger partial charge is 0.180 e. The molecule has 0 aliphatic heterocycles. The first-order chi connectivity index (χ1) is 10.3. The van der Waals surface area contributed by atoms with Crippen molar-refractivity contribution in [2.75, 3.05) is 0 Å². The van der Waals surface area contributed by atoms with Crippen LogP contribution < -0.4 is 0 Å². The van der Waals surface area contributed by atoms with E-state index in [1.165, 1.54) is 12.8 Å². The molecule has 1 aliphatic carbocycles. The molecule has 1 aromatic carbocycles. The zero-order chi connectivity index (χ0) is 14.2. The van der Waals surface area contributed by atoms with Gasteiger partial charge >= 0.3 is 0 Å². The van der Waals surface area contributed by atoms with Gasteiger partial charge in [-0.25, -0.2) is 9.97 Å². The van der Waals surface area contributed by atoms with E-state index in [1.54, 1.807) is 6.20 Å². The predicted molar refractivity (Wildman–Crippen MR) is 84.4 cm³/mol. The van der Waals surface area contributed by atoms with Gasteiger partial charge < -0.3 is 0 Å². The average molecular weight is 296 g/mol. The average Bonchev–Trinajstić information content (AvgIpc) is 2.54. The summed E-state index contributed by atoms with van der Waals surface area (Å²) in [5.74, 6) is 0.637. The molecular formula is C17H14ClN3. The highest BCUT2D eigenvalue weighted by molar-refractivity contribution is 6.30. The van der Waals surface area contributed by atoms with E-state index in [-0.39, 0.29) is 0 Å². The minimum Gasteiger partial charge on any atom is -0.252 e. The van der Waals surface area contributed by atoms with Crippen LogP contribution in [0.25, 0.3) is 22.3 Å². The largest absolute Gasteiger partial charge is 0.252 e. The summed E-state index contributed by atoms with van der Waals surface area (Å²) >= 11 is 6.37. The van der Waals surface area contributed by atoms with Crippen LogP contribution in [0.3, 0.4) is 0 Å². The van der Waals surface area contributed by atoms with Crippen molar-refractivity contribution < 1.29 is 0 Å². The van der Waals surface area contributed by atoms with Gasteiger partial charge in [-0.1, -0.05) is 35.9 Å². The van der Waals surface area contributed by atoms with Crippen LogP contribution in [-0.4, -0.2) is 15.0 Å². The van der Waals surface area contributed by atoms with Gasteiger partial charge in [-0.15, -0.1) is 0 Å². The third-order valence-corrected chi connectivity index (χ3v) is 4.33. The predicted octanol–water partition coefficient (Wildman–Crippen LogP) is 4.22. The minimum atomic E-state index is 0.587. The molecule has 104 valence electrons. The number of pyridine rings is 1. The van der Waals surface area contributed by atoms with E-state index in [0.29, 0.717) is 11.0 Å². The summed E-state index contributed by atoms with van der Waals surface area (Å²) < 4.78 is 0. The van der Waals surface area contributed by atoms with Gasteiger partial charge in [0.05, 0.1) is 0 Å². The van der Waals surface area contributed by atoms with Gasteiger partial charge in [0.2, 0.25) is 0 Å². The fourth-order valence-corrected chi connectivity index (χ4v) is 3.24. The molecule has 21 heavy (non-hydrogen) atoms. The first-order valence-corrected chi connectivity index (χ1v) is 7.60. The fourth-order valence-electron chi connectivity index (χ4n) is 2.95. The van der Waals surface area contributed by atoms with Crippen LogP contribution >= 0.6 is 11.6 Å². The highest BCUT2D eigenvalue weighted by atomic mass is 35.5. The van der Waals surface area contributed by atoms with Crippen LogP contribution in [0.15, 0.2) is 36.5 Å². The Hall–Kier alpha value is -2.00. The van der Waals surface area contributed by atoms with Crippen molar-refractivity contribution in [3.05, 3.63) is 52.9 Å². The minimum absolute atomic E-state index is 0.587. The molecule has 0 fully saturated rings. The lowest BCUT2D eigenvalue weighted by Gasteiger charge is -2.16. The number of aryl methyl sites for hydroxylation is 1. The Morgan fingerprint density at radius 2 is 1.81 bits per heavy atom. The van der Waals surface area contributed by atoms with E-state index < -0.39 is 0 Å². The molecule has 0 N–H and O–H groups in total. The summed E-state index contributed by atoms with van der Waals surface area (Å²) in [4.78, 5) is 13.7. The van der Waals surface area contributed by atoms with Crippen molar-refractivity contribution in [1.82, 2.24) is 15.0 Å². The molecule has 0 bridgehead atoms. The lowest BCUT2D eigenvalue weighted by atomic mass is 9.97. The Bertz CT molecular complexity index is 824. The van der Waals surface area contributed by atoms with Crippen LogP contribution in [0.2, 0.25) is 5.15 Å². The van der Waals surface area contributed by atoms with Gasteiger partial charge in [0.15, 0.2) is 5.82 Å². The molecule has 4 heteroatoms. The van der Waals surface area contributed by atoms with Gasteiger partial charge in [-0.05, 0) is 37.1 Å². The zero-order valence-corrected chi connectivity index (χ0v) is 12.3. The van der Waals surface area contributed by atoms with Crippen molar-refractivity contribution in [1.29, 1.82) is 0 Å². The highest BCUT2D eigenvalue weighted by Gasteiger charge is 2.18. The summed E-state index contributed by atoms with van der Waals surface area (Å²) in [6.07, 6.45) is 6.10. The van der Waals surface area contributed by atoms with Crippen LogP contribution in [0, 0.1) is 0 Å². The van der Waals surface area contributed by atoms with Gasteiger partial charge in [0.1, 0.15) is 10.8 Å². The Balaban J connectivity index is 1.95. The Morgan fingerprint density at radius 1 is 0.952 bits per heavy atom. The molecule has 3 nitrogen and oxygen atoms in total. The Labute approximate surface area is 128 Å². The normalized spacial score (nSPS) is 14.1. The maximum Gasteiger partial charge on any atom is 0.180 e. The molecule has 0 amide bonds. The molecule has 0 saturated heterocycles. The van der Waals surface area contributed by atoms with Gasteiger partial charge in [0.25, 0.3) is 0 Å². The summed E-state index contributed by atoms with van der Waals surface area (Å²) in [6.45, 7) is 0. The van der Waals surface area contributed by atoms with E-state index >= 15 is 0 Å². The number of nitrogens with zero attached hydrogens (tertiary/aromatic N) is 3. The Morgan fingerprint density at radius 3 is 2.76 bits per heavy atom. The topological polar surface area (TPSA) is 38.7 Å². The van der Waals surface area contributed by atoms with E-state index in [0.717, 1.165) is 40.6 Å². The van der Waals surface area contributed by atoms with Gasteiger partial charge in [-0.2, -0.15) is 0 Å². The molecule has 3 aromatic rings. The van der Waals surface area contributed by atoms with Gasteiger partial charge in [-0.3, -0.25) is 4.98 Å². The van der Waals surface area contributed by atoms with Crippen LogP contribution in [0.4, 0.5) is 0 Å². The van der Waals surface area contributed by atoms with Crippen molar-refractivity contribution >= 4 is 22.4 Å². The second kappa shape index (κ2) is 5.08. The quantitative estimate of drug-likeness (QED) is 0.631. The number of hydrogen-bond acceptors (Lipinski definition) is 3. The summed E-state index contributed by atoms with van der Waals surface area (Å²) in [5, 5.41) is 2.79. The SMILES string of the molecule is Clc1nc(-c2nccc3ccccc23)nc2c1CCCC2. The first-order valence-electron chi connectivity index (χ1n) is 7.22. The van der Waals surface area contributed by atoms with Crippen molar-refractivity contribution in [2.24, 2.45) is 0 Å².